The summed E-state index contributed by atoms with van der Waals surface area (Å²) in [6, 6.07) is 8.42. The molecule has 19 heavy (non-hydrogen) atoms. The standard InChI is InChI=1S/C14H20N2O.2ClH/c1-3-13(16-10-8-15-9-11-16)12-6-4-5-7-14(12)17-2;;/h3-7,13,15H,1,8-11H2,2H3;2*1H/t13-;;/m1../s1. The molecule has 1 atom stereocenters. The Morgan fingerprint density at radius 1 is 1.26 bits per heavy atom. The first-order valence-corrected chi connectivity index (χ1v) is 6.07. The highest BCUT2D eigenvalue weighted by molar-refractivity contribution is 5.85. The molecule has 0 saturated carbocycles. The number of para-hydroxylation sites is 1. The van der Waals surface area contributed by atoms with Gasteiger partial charge in [0.1, 0.15) is 5.75 Å². The first-order valence-electron chi connectivity index (χ1n) is 6.07. The molecule has 0 radical (unpaired) electrons. The molecule has 1 aromatic carbocycles. The van der Waals surface area contributed by atoms with Gasteiger partial charge in [-0.2, -0.15) is 0 Å². The van der Waals surface area contributed by atoms with Crippen molar-refractivity contribution in [3.8, 4) is 5.75 Å². The van der Waals surface area contributed by atoms with Crippen LogP contribution in [0, 0.1) is 0 Å². The summed E-state index contributed by atoms with van der Waals surface area (Å²) in [4.78, 5) is 2.43. The minimum Gasteiger partial charge on any atom is -0.496 e. The highest BCUT2D eigenvalue weighted by atomic mass is 35.5. The zero-order valence-corrected chi connectivity index (χ0v) is 12.8. The van der Waals surface area contributed by atoms with E-state index in [9.17, 15) is 0 Å². The van der Waals surface area contributed by atoms with Crippen molar-refractivity contribution in [3.05, 3.63) is 42.5 Å². The number of nitrogens with one attached hydrogen (secondary N) is 1. The minimum absolute atomic E-state index is 0. The molecule has 5 heteroatoms. The van der Waals surface area contributed by atoms with E-state index in [1.54, 1.807) is 7.11 Å². The fraction of sp³-hybridized carbons (Fsp3) is 0.429. The van der Waals surface area contributed by atoms with Gasteiger partial charge in [0.15, 0.2) is 0 Å². The molecule has 3 nitrogen and oxygen atoms in total. The van der Waals surface area contributed by atoms with Gasteiger partial charge in [0.25, 0.3) is 0 Å². The maximum Gasteiger partial charge on any atom is 0.123 e. The Hall–Kier alpha value is -0.740. The fourth-order valence-electron chi connectivity index (χ4n) is 2.34. The summed E-state index contributed by atoms with van der Waals surface area (Å²) in [6.07, 6.45) is 2.00. The summed E-state index contributed by atoms with van der Waals surface area (Å²) < 4.78 is 5.43. The van der Waals surface area contributed by atoms with Crippen LogP contribution >= 0.6 is 24.8 Å². The number of hydrogen-bond donors (Lipinski definition) is 1. The predicted molar refractivity (Wildman–Crippen MR) is 84.9 cm³/mol. The molecule has 0 unspecified atom stereocenters. The lowest BCUT2D eigenvalue weighted by atomic mass is 10.0. The van der Waals surface area contributed by atoms with Gasteiger partial charge in [0.05, 0.1) is 13.2 Å². The second-order valence-corrected chi connectivity index (χ2v) is 4.21. The number of rotatable bonds is 4. The largest absolute Gasteiger partial charge is 0.496 e. The Morgan fingerprint density at radius 3 is 2.47 bits per heavy atom. The molecule has 1 aromatic rings. The molecular formula is C14H22Cl2N2O. The molecule has 0 aromatic heterocycles. The minimum atomic E-state index is 0. The van der Waals surface area contributed by atoms with Crippen LogP contribution in [-0.2, 0) is 0 Å². The number of piperazine rings is 1. The van der Waals surface area contributed by atoms with Gasteiger partial charge in [-0.15, -0.1) is 31.4 Å². The van der Waals surface area contributed by atoms with Gasteiger partial charge in [-0.05, 0) is 6.07 Å². The predicted octanol–water partition coefficient (Wildman–Crippen LogP) is 2.67. The van der Waals surface area contributed by atoms with E-state index in [-0.39, 0.29) is 30.9 Å². The number of hydrogen-bond acceptors (Lipinski definition) is 3. The van der Waals surface area contributed by atoms with E-state index < -0.39 is 0 Å². The van der Waals surface area contributed by atoms with E-state index in [0.717, 1.165) is 31.9 Å². The summed E-state index contributed by atoms with van der Waals surface area (Å²) in [5.41, 5.74) is 1.20. The van der Waals surface area contributed by atoms with Gasteiger partial charge >= 0.3 is 0 Å². The van der Waals surface area contributed by atoms with Crippen LogP contribution in [0.4, 0.5) is 0 Å². The van der Waals surface area contributed by atoms with E-state index in [2.05, 4.69) is 28.9 Å². The molecule has 2 rings (SSSR count). The van der Waals surface area contributed by atoms with Gasteiger partial charge in [0.2, 0.25) is 0 Å². The Bertz CT molecular complexity index is 381. The lowest BCUT2D eigenvalue weighted by Gasteiger charge is -2.34. The van der Waals surface area contributed by atoms with Crippen molar-refractivity contribution in [2.75, 3.05) is 33.3 Å². The third-order valence-electron chi connectivity index (χ3n) is 3.23. The topological polar surface area (TPSA) is 24.5 Å². The summed E-state index contributed by atoms with van der Waals surface area (Å²) >= 11 is 0. The van der Waals surface area contributed by atoms with E-state index in [0.29, 0.717) is 0 Å². The molecule has 1 aliphatic heterocycles. The van der Waals surface area contributed by atoms with E-state index >= 15 is 0 Å². The van der Waals surface area contributed by atoms with Crippen LogP contribution in [0.5, 0.6) is 5.75 Å². The van der Waals surface area contributed by atoms with E-state index in [1.807, 2.05) is 18.2 Å². The molecule has 0 amide bonds. The van der Waals surface area contributed by atoms with Crippen molar-refractivity contribution in [1.82, 2.24) is 10.2 Å². The van der Waals surface area contributed by atoms with Crippen molar-refractivity contribution >= 4 is 24.8 Å². The van der Waals surface area contributed by atoms with Crippen molar-refractivity contribution in [2.45, 2.75) is 6.04 Å². The van der Waals surface area contributed by atoms with E-state index in [1.165, 1.54) is 5.56 Å². The molecule has 0 bridgehead atoms. The molecule has 1 saturated heterocycles. The van der Waals surface area contributed by atoms with Gasteiger partial charge < -0.3 is 10.1 Å². The number of nitrogens with zero attached hydrogens (tertiary/aromatic N) is 1. The quantitative estimate of drug-likeness (QED) is 0.866. The fourth-order valence-corrected chi connectivity index (χ4v) is 2.34. The average molecular weight is 305 g/mol. The summed E-state index contributed by atoms with van der Waals surface area (Å²) in [5.74, 6) is 0.941. The lowest BCUT2D eigenvalue weighted by molar-refractivity contribution is 0.200. The Balaban J connectivity index is 0.00000162. The first kappa shape index (κ1) is 18.3. The number of ether oxygens (including phenoxy) is 1. The van der Waals surface area contributed by atoms with Crippen molar-refractivity contribution in [1.29, 1.82) is 0 Å². The van der Waals surface area contributed by atoms with Crippen molar-refractivity contribution < 1.29 is 4.74 Å². The molecule has 1 fully saturated rings. The number of methoxy groups -OCH3 is 1. The third-order valence-corrected chi connectivity index (χ3v) is 3.23. The van der Waals surface area contributed by atoms with Crippen LogP contribution in [0.3, 0.4) is 0 Å². The molecule has 1 heterocycles. The molecule has 0 aliphatic carbocycles. The summed E-state index contributed by atoms with van der Waals surface area (Å²) in [6.45, 7) is 8.15. The lowest BCUT2D eigenvalue weighted by Crippen LogP contribution is -2.44. The normalized spacial score (nSPS) is 16.7. The SMILES string of the molecule is C=C[C@H](c1ccccc1OC)N1CCNCC1.Cl.Cl. The van der Waals surface area contributed by atoms with Crippen molar-refractivity contribution in [2.24, 2.45) is 0 Å². The van der Waals surface area contributed by atoms with Crippen LogP contribution in [0.1, 0.15) is 11.6 Å². The van der Waals surface area contributed by atoms with Crippen LogP contribution in [0.2, 0.25) is 0 Å². The Labute approximate surface area is 127 Å². The van der Waals surface area contributed by atoms with Crippen LogP contribution in [0.25, 0.3) is 0 Å². The second kappa shape index (κ2) is 9.21. The molecular weight excluding hydrogens is 283 g/mol. The van der Waals surface area contributed by atoms with Crippen LogP contribution in [0.15, 0.2) is 36.9 Å². The molecule has 108 valence electrons. The monoisotopic (exact) mass is 304 g/mol. The van der Waals surface area contributed by atoms with E-state index in [4.69, 9.17) is 4.74 Å². The third kappa shape index (κ3) is 4.39. The van der Waals surface area contributed by atoms with Crippen LogP contribution < -0.4 is 10.1 Å². The summed E-state index contributed by atoms with van der Waals surface area (Å²) in [5, 5.41) is 3.37. The smallest absolute Gasteiger partial charge is 0.123 e. The maximum absolute atomic E-state index is 5.43. The maximum atomic E-state index is 5.43. The average Bonchev–Trinajstić information content (AvgIpc) is 2.41. The number of benzene rings is 1. The zero-order chi connectivity index (χ0) is 12.1. The summed E-state index contributed by atoms with van der Waals surface area (Å²) in [7, 11) is 1.72. The second-order valence-electron chi connectivity index (χ2n) is 4.21. The van der Waals surface area contributed by atoms with Gasteiger partial charge in [0, 0.05) is 31.7 Å². The zero-order valence-electron chi connectivity index (χ0n) is 11.2. The van der Waals surface area contributed by atoms with Crippen molar-refractivity contribution in [3.63, 3.8) is 0 Å². The molecule has 1 aliphatic rings. The van der Waals surface area contributed by atoms with Gasteiger partial charge in [-0.1, -0.05) is 24.3 Å². The Morgan fingerprint density at radius 2 is 1.89 bits per heavy atom. The number of halogens is 2. The molecule has 0 spiro atoms. The van der Waals surface area contributed by atoms with Gasteiger partial charge in [-0.25, -0.2) is 0 Å². The van der Waals surface area contributed by atoms with Gasteiger partial charge in [-0.3, -0.25) is 4.90 Å². The molecule has 1 N–H and O–H groups in total. The highest BCUT2D eigenvalue weighted by Crippen LogP contribution is 2.29. The Kier molecular flexibility index (Phi) is 8.85. The highest BCUT2D eigenvalue weighted by Gasteiger charge is 2.21. The van der Waals surface area contributed by atoms with Crippen LogP contribution in [-0.4, -0.2) is 38.2 Å². The first-order chi connectivity index (χ1) is 8.36.